The van der Waals surface area contributed by atoms with Gasteiger partial charge in [0.1, 0.15) is 0 Å². The zero-order valence-corrected chi connectivity index (χ0v) is 22.5. The van der Waals surface area contributed by atoms with Crippen LogP contribution >= 0.6 is 0 Å². The number of hydrogen-bond donors (Lipinski definition) is 0. The number of unbranched alkanes of at least 4 members (excludes halogenated alkanes) is 1. The van der Waals surface area contributed by atoms with Crippen molar-refractivity contribution in [2.75, 3.05) is 69.3 Å². The Morgan fingerprint density at radius 3 is 2.41 bits per heavy atom. The summed E-state index contributed by atoms with van der Waals surface area (Å²) < 4.78 is 5.43. The van der Waals surface area contributed by atoms with Gasteiger partial charge in [-0.3, -0.25) is 4.90 Å². The number of ether oxygens (including phenoxy) is 1. The van der Waals surface area contributed by atoms with Crippen LogP contribution in [0.4, 0.5) is 11.4 Å². The molecule has 1 aromatic rings. The summed E-state index contributed by atoms with van der Waals surface area (Å²) in [4.78, 5) is 7.95. The summed E-state index contributed by atoms with van der Waals surface area (Å²) in [6.07, 6.45) is 8.65. The second-order valence-corrected chi connectivity index (χ2v) is 12.0. The molecule has 1 saturated carbocycles. The number of allylic oxidation sites excluding steroid dienone is 1. The Morgan fingerprint density at radius 1 is 1.03 bits per heavy atom. The maximum Gasteiger partial charge on any atom is 0.0491 e. The molecule has 4 rings (SSSR count). The van der Waals surface area contributed by atoms with E-state index in [1.54, 1.807) is 5.56 Å². The van der Waals surface area contributed by atoms with E-state index < -0.39 is 0 Å². The van der Waals surface area contributed by atoms with Crippen LogP contribution in [0.1, 0.15) is 77.2 Å². The number of methoxy groups -OCH3 is 1. The molecule has 190 valence electrons. The van der Waals surface area contributed by atoms with Crippen LogP contribution in [0.2, 0.25) is 0 Å². The van der Waals surface area contributed by atoms with E-state index in [4.69, 9.17) is 4.74 Å². The van der Waals surface area contributed by atoms with E-state index in [9.17, 15) is 0 Å². The highest BCUT2D eigenvalue weighted by Gasteiger charge is 2.33. The molecule has 0 bridgehead atoms. The number of piperazine rings is 1. The molecule has 2 saturated heterocycles. The van der Waals surface area contributed by atoms with Gasteiger partial charge in [0.15, 0.2) is 0 Å². The largest absolute Gasteiger partial charge is 0.384 e. The van der Waals surface area contributed by atoms with Crippen LogP contribution in [0.15, 0.2) is 30.4 Å². The van der Waals surface area contributed by atoms with Gasteiger partial charge in [-0.1, -0.05) is 39.3 Å². The number of rotatable bonds is 8. The molecule has 3 fully saturated rings. The molecule has 3 aliphatic rings. The highest BCUT2D eigenvalue weighted by atomic mass is 16.5. The van der Waals surface area contributed by atoms with Crippen molar-refractivity contribution in [2.24, 2.45) is 11.3 Å². The maximum atomic E-state index is 5.43. The van der Waals surface area contributed by atoms with E-state index in [0.29, 0.717) is 17.3 Å². The summed E-state index contributed by atoms with van der Waals surface area (Å²) in [6.45, 7) is 20.7. The van der Waals surface area contributed by atoms with Gasteiger partial charge in [0, 0.05) is 64.4 Å². The molecule has 34 heavy (non-hydrogen) atoms. The van der Waals surface area contributed by atoms with Crippen molar-refractivity contribution in [1.29, 1.82) is 0 Å². The molecule has 1 aromatic carbocycles. The lowest BCUT2D eigenvalue weighted by Crippen LogP contribution is -2.47. The summed E-state index contributed by atoms with van der Waals surface area (Å²) in [7, 11) is 1.83. The van der Waals surface area contributed by atoms with Crippen molar-refractivity contribution in [2.45, 2.75) is 71.6 Å². The minimum absolute atomic E-state index is 0.338. The average molecular weight is 468 g/mol. The standard InChI is InChI=1S/C30H49N3O/c1-6-7-12-31-15-17-33(18-16-31)29-9-8-27(32-13-10-25(11-14-32)23-34-5)20-28(29)26-19-24(2)21-30(3,4)22-26/h8-9,20,25-26H,2,6-7,10-19,21-23H2,1,3-5H3. The molecular weight excluding hydrogens is 418 g/mol. The predicted molar refractivity (Wildman–Crippen MR) is 146 cm³/mol. The molecule has 4 heteroatoms. The third-order valence-electron chi connectivity index (χ3n) is 8.44. The molecule has 1 atom stereocenters. The third kappa shape index (κ3) is 6.37. The second-order valence-electron chi connectivity index (χ2n) is 12.0. The summed E-state index contributed by atoms with van der Waals surface area (Å²) in [5.41, 5.74) is 6.26. The monoisotopic (exact) mass is 467 g/mol. The lowest BCUT2D eigenvalue weighted by atomic mass is 9.68. The minimum Gasteiger partial charge on any atom is -0.384 e. The Hall–Kier alpha value is -1.52. The van der Waals surface area contributed by atoms with Crippen molar-refractivity contribution in [3.05, 3.63) is 35.9 Å². The number of nitrogens with zero attached hydrogens (tertiary/aromatic N) is 3. The van der Waals surface area contributed by atoms with Gasteiger partial charge in [-0.2, -0.15) is 0 Å². The van der Waals surface area contributed by atoms with Crippen LogP contribution in [0.3, 0.4) is 0 Å². The van der Waals surface area contributed by atoms with Crippen LogP contribution in [0.25, 0.3) is 0 Å². The first-order valence-electron chi connectivity index (χ1n) is 13.9. The topological polar surface area (TPSA) is 19.0 Å². The lowest BCUT2D eigenvalue weighted by Gasteiger charge is -2.41. The Morgan fingerprint density at radius 2 is 1.76 bits per heavy atom. The summed E-state index contributed by atoms with van der Waals surface area (Å²) >= 11 is 0. The molecule has 0 amide bonds. The molecular formula is C30H49N3O. The van der Waals surface area contributed by atoms with Crippen LogP contribution in [0, 0.1) is 11.3 Å². The molecule has 1 unspecified atom stereocenters. The fraction of sp³-hybridized carbons (Fsp3) is 0.733. The van der Waals surface area contributed by atoms with Gasteiger partial charge in [-0.15, -0.1) is 0 Å². The summed E-state index contributed by atoms with van der Waals surface area (Å²) in [6, 6.07) is 7.43. The normalized spacial score (nSPS) is 24.6. The third-order valence-corrected chi connectivity index (χ3v) is 8.44. The highest BCUT2D eigenvalue weighted by Crippen LogP contribution is 2.48. The van der Waals surface area contributed by atoms with Crippen molar-refractivity contribution in [3.8, 4) is 0 Å². The van der Waals surface area contributed by atoms with E-state index in [1.165, 1.54) is 75.1 Å². The van der Waals surface area contributed by atoms with Crippen LogP contribution in [0.5, 0.6) is 0 Å². The molecule has 1 aliphatic carbocycles. The predicted octanol–water partition coefficient (Wildman–Crippen LogP) is 6.32. The fourth-order valence-electron chi connectivity index (χ4n) is 6.67. The molecule has 2 heterocycles. The van der Waals surface area contributed by atoms with Crippen molar-refractivity contribution in [1.82, 2.24) is 4.90 Å². The van der Waals surface area contributed by atoms with Crippen LogP contribution < -0.4 is 9.80 Å². The Labute approximate surface area is 209 Å². The number of piperidine rings is 1. The SMILES string of the molecule is C=C1CC(c2cc(N3CCC(COC)CC3)ccc2N2CCN(CCCC)CC2)CC(C)(C)C1. The van der Waals surface area contributed by atoms with Crippen molar-refractivity contribution in [3.63, 3.8) is 0 Å². The fourth-order valence-corrected chi connectivity index (χ4v) is 6.67. The number of hydrogen-bond acceptors (Lipinski definition) is 4. The lowest BCUT2D eigenvalue weighted by molar-refractivity contribution is 0.139. The van der Waals surface area contributed by atoms with Gasteiger partial charge in [-0.25, -0.2) is 0 Å². The molecule has 0 radical (unpaired) electrons. The van der Waals surface area contributed by atoms with Crippen molar-refractivity contribution < 1.29 is 4.74 Å². The van der Waals surface area contributed by atoms with Crippen LogP contribution in [-0.4, -0.2) is 64.4 Å². The minimum atomic E-state index is 0.338. The molecule has 4 nitrogen and oxygen atoms in total. The quantitative estimate of drug-likeness (QED) is 0.416. The maximum absolute atomic E-state index is 5.43. The van der Waals surface area contributed by atoms with E-state index in [0.717, 1.165) is 39.2 Å². The van der Waals surface area contributed by atoms with E-state index in [2.05, 4.69) is 60.2 Å². The molecule has 0 aromatic heterocycles. The zero-order valence-electron chi connectivity index (χ0n) is 22.5. The van der Waals surface area contributed by atoms with Crippen LogP contribution in [-0.2, 0) is 4.74 Å². The first-order chi connectivity index (χ1) is 16.4. The van der Waals surface area contributed by atoms with Crippen molar-refractivity contribution >= 4 is 11.4 Å². The van der Waals surface area contributed by atoms with Gasteiger partial charge in [0.05, 0.1) is 0 Å². The Balaban J connectivity index is 1.55. The highest BCUT2D eigenvalue weighted by molar-refractivity contribution is 5.64. The van der Waals surface area contributed by atoms with E-state index in [-0.39, 0.29) is 0 Å². The Bertz CT molecular complexity index is 803. The number of benzene rings is 1. The summed E-state index contributed by atoms with van der Waals surface area (Å²) in [5, 5.41) is 0. The van der Waals surface area contributed by atoms with Gasteiger partial charge in [0.2, 0.25) is 0 Å². The van der Waals surface area contributed by atoms with Gasteiger partial charge >= 0.3 is 0 Å². The smallest absolute Gasteiger partial charge is 0.0491 e. The first-order valence-corrected chi connectivity index (χ1v) is 13.9. The molecule has 0 N–H and O–H groups in total. The average Bonchev–Trinajstić information content (AvgIpc) is 2.82. The molecule has 2 aliphatic heterocycles. The van der Waals surface area contributed by atoms with Gasteiger partial charge in [0.25, 0.3) is 0 Å². The zero-order chi connectivity index (χ0) is 24.1. The second kappa shape index (κ2) is 11.5. The first kappa shape index (κ1) is 25.6. The Kier molecular flexibility index (Phi) is 8.63. The van der Waals surface area contributed by atoms with E-state index in [1.807, 2.05) is 7.11 Å². The molecule has 0 spiro atoms. The number of anilines is 2. The van der Waals surface area contributed by atoms with Gasteiger partial charge < -0.3 is 14.5 Å². The van der Waals surface area contributed by atoms with E-state index >= 15 is 0 Å². The van der Waals surface area contributed by atoms with Gasteiger partial charge in [-0.05, 0) is 86.1 Å². The summed E-state index contributed by atoms with van der Waals surface area (Å²) in [5.74, 6) is 1.29.